The number of hydrogen-bond donors (Lipinski definition) is 1. The molecule has 0 rings (SSSR count). The van der Waals surface area contributed by atoms with Crippen LogP contribution in [0.15, 0.2) is 0 Å². The lowest BCUT2D eigenvalue weighted by Gasteiger charge is -2.26. The molecule has 0 saturated heterocycles. The lowest BCUT2D eigenvalue weighted by Crippen LogP contribution is -2.40. The van der Waals surface area contributed by atoms with Crippen LogP contribution in [0.1, 0.15) is 34.1 Å². The molecule has 1 atom stereocenters. The van der Waals surface area contributed by atoms with Gasteiger partial charge in [-0.3, -0.25) is 4.79 Å². The summed E-state index contributed by atoms with van der Waals surface area (Å²) in [4.78, 5) is 13.0. The third-order valence-corrected chi connectivity index (χ3v) is 2.09. The average molecular weight is 173 g/mol. The van der Waals surface area contributed by atoms with Gasteiger partial charge in [-0.05, 0) is 20.3 Å². The smallest absolute Gasteiger partial charge is 0.227 e. The maximum Gasteiger partial charge on any atom is 0.227 e. The van der Waals surface area contributed by atoms with Crippen molar-refractivity contribution in [3.63, 3.8) is 0 Å². The van der Waals surface area contributed by atoms with Gasteiger partial charge >= 0.3 is 0 Å². The maximum atomic E-state index is 11.5. The first-order chi connectivity index (χ1) is 5.54. The Morgan fingerprint density at radius 3 is 2.17 bits per heavy atom. The van der Waals surface area contributed by atoms with Crippen LogP contribution in [0.5, 0.6) is 0 Å². The molecule has 3 heteroatoms. The molecule has 0 bridgehead atoms. The monoisotopic (exact) mass is 173 g/mol. The molecule has 0 heterocycles. The van der Waals surface area contributed by atoms with E-state index in [9.17, 15) is 4.79 Å². The Morgan fingerprint density at radius 2 is 1.92 bits per heavy atom. The van der Waals surface area contributed by atoms with E-state index in [-0.39, 0.29) is 24.6 Å². The summed E-state index contributed by atoms with van der Waals surface area (Å²) in [6.45, 7) is 7.47. The first kappa shape index (κ1) is 11.4. The molecule has 0 aromatic heterocycles. The Kier molecular flexibility index (Phi) is 4.90. The van der Waals surface area contributed by atoms with Crippen molar-refractivity contribution in [1.82, 2.24) is 4.90 Å². The van der Waals surface area contributed by atoms with Gasteiger partial charge in [-0.1, -0.05) is 13.8 Å². The summed E-state index contributed by atoms with van der Waals surface area (Å²) in [5.74, 6) is 0.0505. The van der Waals surface area contributed by atoms with Crippen molar-refractivity contribution in [2.75, 3.05) is 6.73 Å². The van der Waals surface area contributed by atoms with E-state index in [0.717, 1.165) is 6.42 Å². The molecule has 0 spiro atoms. The fraction of sp³-hybridized carbons (Fsp3) is 0.889. The lowest BCUT2D eigenvalue weighted by atomic mass is 10.1. The van der Waals surface area contributed by atoms with Gasteiger partial charge in [0.25, 0.3) is 0 Å². The van der Waals surface area contributed by atoms with Gasteiger partial charge in [0.1, 0.15) is 6.73 Å². The van der Waals surface area contributed by atoms with E-state index in [4.69, 9.17) is 5.11 Å². The lowest BCUT2D eigenvalue weighted by molar-refractivity contribution is -0.140. The number of carbonyl (C=O) groups is 1. The third kappa shape index (κ3) is 2.81. The molecule has 12 heavy (non-hydrogen) atoms. The highest BCUT2D eigenvalue weighted by Crippen LogP contribution is 2.08. The second kappa shape index (κ2) is 5.14. The fourth-order valence-electron chi connectivity index (χ4n) is 0.945. The number of aliphatic hydroxyl groups is 1. The molecular weight excluding hydrogens is 154 g/mol. The summed E-state index contributed by atoms with van der Waals surface area (Å²) < 4.78 is 0. The van der Waals surface area contributed by atoms with Crippen molar-refractivity contribution in [2.24, 2.45) is 5.92 Å². The zero-order valence-corrected chi connectivity index (χ0v) is 8.37. The predicted molar refractivity (Wildman–Crippen MR) is 48.5 cm³/mol. The first-order valence-corrected chi connectivity index (χ1v) is 4.45. The van der Waals surface area contributed by atoms with Gasteiger partial charge in [0, 0.05) is 12.0 Å². The van der Waals surface area contributed by atoms with Gasteiger partial charge < -0.3 is 10.0 Å². The van der Waals surface area contributed by atoms with Crippen LogP contribution in [0.25, 0.3) is 0 Å². The van der Waals surface area contributed by atoms with Gasteiger partial charge in [-0.15, -0.1) is 0 Å². The minimum atomic E-state index is -0.180. The van der Waals surface area contributed by atoms with Crippen molar-refractivity contribution >= 4 is 5.91 Å². The summed E-state index contributed by atoms with van der Waals surface area (Å²) >= 11 is 0. The average Bonchev–Trinajstić information content (AvgIpc) is 2.03. The third-order valence-electron chi connectivity index (χ3n) is 2.09. The molecule has 1 amide bonds. The molecule has 72 valence electrons. The largest absolute Gasteiger partial charge is 0.376 e. The van der Waals surface area contributed by atoms with Gasteiger partial charge in [0.15, 0.2) is 0 Å². The van der Waals surface area contributed by atoms with Crippen LogP contribution in [0, 0.1) is 5.92 Å². The highest BCUT2D eigenvalue weighted by atomic mass is 16.3. The Morgan fingerprint density at radius 1 is 1.42 bits per heavy atom. The van der Waals surface area contributed by atoms with Gasteiger partial charge in [-0.2, -0.15) is 0 Å². The number of rotatable bonds is 4. The highest BCUT2D eigenvalue weighted by molar-refractivity contribution is 5.78. The van der Waals surface area contributed by atoms with Crippen LogP contribution in [0.4, 0.5) is 0 Å². The number of amides is 1. The molecule has 1 N–H and O–H groups in total. The minimum Gasteiger partial charge on any atom is -0.376 e. The van der Waals surface area contributed by atoms with Crippen LogP contribution in [-0.4, -0.2) is 28.7 Å². The SMILES string of the molecule is CCC(C)C(=O)N(CO)C(C)C. The molecule has 0 aliphatic heterocycles. The Labute approximate surface area is 74.4 Å². The van der Waals surface area contributed by atoms with Crippen LogP contribution in [0.2, 0.25) is 0 Å². The highest BCUT2D eigenvalue weighted by Gasteiger charge is 2.20. The topological polar surface area (TPSA) is 40.5 Å². The Bertz CT molecular complexity index is 145. The van der Waals surface area contributed by atoms with E-state index < -0.39 is 0 Å². The van der Waals surface area contributed by atoms with E-state index in [1.165, 1.54) is 4.90 Å². The van der Waals surface area contributed by atoms with Crippen LogP contribution >= 0.6 is 0 Å². The molecule has 3 nitrogen and oxygen atoms in total. The van der Waals surface area contributed by atoms with Crippen molar-refractivity contribution in [3.05, 3.63) is 0 Å². The minimum absolute atomic E-state index is 0.0135. The van der Waals surface area contributed by atoms with E-state index >= 15 is 0 Å². The fourth-order valence-corrected chi connectivity index (χ4v) is 0.945. The van der Waals surface area contributed by atoms with Crippen LogP contribution in [-0.2, 0) is 4.79 Å². The second-order valence-corrected chi connectivity index (χ2v) is 3.35. The van der Waals surface area contributed by atoms with E-state index in [1.54, 1.807) is 0 Å². The van der Waals surface area contributed by atoms with Crippen LogP contribution < -0.4 is 0 Å². The molecule has 0 aromatic rings. The van der Waals surface area contributed by atoms with Gasteiger partial charge in [-0.25, -0.2) is 0 Å². The second-order valence-electron chi connectivity index (χ2n) is 3.35. The van der Waals surface area contributed by atoms with E-state index in [0.29, 0.717) is 0 Å². The molecule has 0 aliphatic rings. The molecule has 1 unspecified atom stereocenters. The maximum absolute atomic E-state index is 11.5. The molecule has 0 radical (unpaired) electrons. The molecular formula is C9H19NO2. The van der Waals surface area contributed by atoms with Crippen molar-refractivity contribution in [1.29, 1.82) is 0 Å². The zero-order chi connectivity index (χ0) is 9.72. The van der Waals surface area contributed by atoms with Crippen LogP contribution in [0.3, 0.4) is 0 Å². The zero-order valence-electron chi connectivity index (χ0n) is 8.37. The summed E-state index contributed by atoms with van der Waals surface area (Å²) in [5.41, 5.74) is 0. The molecule has 0 saturated carbocycles. The first-order valence-electron chi connectivity index (χ1n) is 4.45. The summed E-state index contributed by atoms with van der Waals surface area (Å²) in [6.07, 6.45) is 0.821. The number of nitrogens with zero attached hydrogens (tertiary/aromatic N) is 1. The van der Waals surface area contributed by atoms with Crippen molar-refractivity contribution in [2.45, 2.75) is 40.2 Å². The van der Waals surface area contributed by atoms with E-state index in [1.807, 2.05) is 27.7 Å². The number of hydrogen-bond acceptors (Lipinski definition) is 2. The Balaban J connectivity index is 4.21. The summed E-state index contributed by atoms with van der Waals surface area (Å²) in [6, 6.07) is 0.0801. The Hall–Kier alpha value is -0.570. The summed E-state index contributed by atoms with van der Waals surface area (Å²) in [7, 11) is 0. The molecule has 0 aliphatic carbocycles. The number of carbonyl (C=O) groups excluding carboxylic acids is 1. The standard InChI is InChI=1S/C9H19NO2/c1-5-8(4)9(12)10(6-11)7(2)3/h7-8,11H,5-6H2,1-4H3. The number of aliphatic hydroxyl groups excluding tert-OH is 1. The normalized spacial score (nSPS) is 13.2. The van der Waals surface area contributed by atoms with Gasteiger partial charge in [0.2, 0.25) is 5.91 Å². The molecule has 0 aromatic carbocycles. The molecule has 0 fully saturated rings. The van der Waals surface area contributed by atoms with Gasteiger partial charge in [0.05, 0.1) is 0 Å². The van der Waals surface area contributed by atoms with Crippen molar-refractivity contribution < 1.29 is 9.90 Å². The quantitative estimate of drug-likeness (QED) is 0.649. The van der Waals surface area contributed by atoms with E-state index in [2.05, 4.69) is 0 Å². The predicted octanol–water partition coefficient (Wildman–Crippen LogP) is 1.22. The summed E-state index contributed by atoms with van der Waals surface area (Å²) in [5, 5.41) is 8.92. The van der Waals surface area contributed by atoms with Crippen molar-refractivity contribution in [3.8, 4) is 0 Å².